The molecule has 0 aliphatic carbocycles. The molecule has 6 heteroatoms. The Balaban J connectivity index is 2.01. The second-order valence-electron chi connectivity index (χ2n) is 4.22. The van der Waals surface area contributed by atoms with E-state index in [1.54, 1.807) is 6.07 Å². The van der Waals surface area contributed by atoms with Gasteiger partial charge in [-0.1, -0.05) is 51.4 Å². The Morgan fingerprint density at radius 1 is 1.10 bits per heavy atom. The molecule has 0 aliphatic heterocycles. The molecular weight excluding hydrogens is 347 g/mol. The molecule has 0 N–H and O–H groups in total. The van der Waals surface area contributed by atoms with Gasteiger partial charge in [-0.05, 0) is 23.8 Å². The average Bonchev–Trinajstić information content (AvgIpc) is 2.43. The summed E-state index contributed by atoms with van der Waals surface area (Å²) >= 11 is 3.31. The van der Waals surface area contributed by atoms with Crippen molar-refractivity contribution >= 4 is 22.1 Å². The number of rotatable bonds is 4. The van der Waals surface area contributed by atoms with Crippen molar-refractivity contribution in [3.63, 3.8) is 0 Å². The van der Waals surface area contributed by atoms with Crippen molar-refractivity contribution in [3.05, 3.63) is 69.7 Å². The van der Waals surface area contributed by atoms with E-state index in [9.17, 15) is 13.2 Å². The van der Waals surface area contributed by atoms with Crippen molar-refractivity contribution in [2.75, 3.05) is 0 Å². The van der Waals surface area contributed by atoms with Gasteiger partial charge in [0.15, 0.2) is 0 Å². The molecule has 0 heterocycles. The monoisotopic (exact) mass is 357 g/mol. The van der Waals surface area contributed by atoms with Crippen molar-refractivity contribution in [3.8, 4) is 0 Å². The summed E-state index contributed by atoms with van der Waals surface area (Å²) in [6.45, 7) is -0.236. The summed E-state index contributed by atoms with van der Waals surface area (Å²) in [5.74, 6) is 0. The molecule has 0 aromatic heterocycles. The van der Waals surface area contributed by atoms with Crippen LogP contribution in [0.25, 0.3) is 0 Å². The van der Waals surface area contributed by atoms with E-state index in [1.165, 1.54) is 24.4 Å². The van der Waals surface area contributed by atoms with Gasteiger partial charge in [-0.2, -0.15) is 13.2 Å². The molecule has 0 atom stereocenters. The minimum atomic E-state index is -4.39. The zero-order valence-corrected chi connectivity index (χ0v) is 12.4. The Morgan fingerprint density at radius 2 is 1.86 bits per heavy atom. The van der Waals surface area contributed by atoms with E-state index >= 15 is 0 Å². The minimum absolute atomic E-state index is 0.0522. The summed E-state index contributed by atoms with van der Waals surface area (Å²) < 4.78 is 39.2. The fourth-order valence-electron chi connectivity index (χ4n) is 1.71. The molecular formula is C15H11BrF3NO. The quantitative estimate of drug-likeness (QED) is 0.556. The molecule has 21 heavy (non-hydrogen) atoms. The highest BCUT2D eigenvalue weighted by Crippen LogP contribution is 2.32. The van der Waals surface area contributed by atoms with Crippen molar-refractivity contribution in [2.45, 2.75) is 12.8 Å². The average molecular weight is 358 g/mol. The number of halogens is 4. The third-order valence-corrected chi connectivity index (χ3v) is 3.16. The van der Waals surface area contributed by atoms with E-state index in [4.69, 9.17) is 4.84 Å². The topological polar surface area (TPSA) is 21.6 Å². The first-order valence-electron chi connectivity index (χ1n) is 6.03. The lowest BCUT2D eigenvalue weighted by Crippen LogP contribution is -2.09. The lowest BCUT2D eigenvalue weighted by Gasteiger charge is -2.11. The first kappa shape index (κ1) is 15.6. The number of alkyl halides is 3. The fourth-order valence-corrected chi connectivity index (χ4v) is 2.13. The maximum atomic E-state index is 12.8. The normalized spacial score (nSPS) is 11.8. The van der Waals surface area contributed by atoms with Gasteiger partial charge in [-0.3, -0.25) is 0 Å². The van der Waals surface area contributed by atoms with Gasteiger partial charge in [0.1, 0.15) is 6.61 Å². The third kappa shape index (κ3) is 4.60. The van der Waals surface area contributed by atoms with Crippen LogP contribution in [0.1, 0.15) is 16.7 Å². The maximum absolute atomic E-state index is 12.8. The van der Waals surface area contributed by atoms with Gasteiger partial charge >= 0.3 is 6.18 Å². The third-order valence-electron chi connectivity index (χ3n) is 2.67. The lowest BCUT2D eigenvalue weighted by atomic mass is 10.1. The van der Waals surface area contributed by atoms with Gasteiger partial charge < -0.3 is 4.84 Å². The number of nitrogens with zero attached hydrogens (tertiary/aromatic N) is 1. The number of oxime groups is 1. The van der Waals surface area contributed by atoms with E-state index in [-0.39, 0.29) is 12.2 Å². The van der Waals surface area contributed by atoms with Gasteiger partial charge in [0.2, 0.25) is 0 Å². The molecule has 2 aromatic carbocycles. The van der Waals surface area contributed by atoms with E-state index in [2.05, 4.69) is 21.1 Å². The van der Waals surface area contributed by atoms with E-state index in [1.807, 2.05) is 18.2 Å². The van der Waals surface area contributed by atoms with Crippen LogP contribution in [0, 0.1) is 0 Å². The summed E-state index contributed by atoms with van der Waals surface area (Å²) in [7, 11) is 0. The Bertz CT molecular complexity index is 641. The van der Waals surface area contributed by atoms with Crippen molar-refractivity contribution in [2.24, 2.45) is 5.16 Å². The number of benzene rings is 2. The zero-order chi connectivity index (χ0) is 15.3. The first-order valence-corrected chi connectivity index (χ1v) is 6.82. The van der Waals surface area contributed by atoms with Crippen LogP contribution >= 0.6 is 15.9 Å². The van der Waals surface area contributed by atoms with Crippen molar-refractivity contribution in [1.29, 1.82) is 0 Å². The van der Waals surface area contributed by atoms with E-state index in [0.29, 0.717) is 0 Å². The zero-order valence-electron chi connectivity index (χ0n) is 10.8. The molecule has 0 saturated carbocycles. The summed E-state index contributed by atoms with van der Waals surface area (Å²) in [6.07, 6.45) is -2.95. The van der Waals surface area contributed by atoms with Crippen LogP contribution in [-0.4, -0.2) is 6.21 Å². The van der Waals surface area contributed by atoms with Crippen LogP contribution < -0.4 is 0 Å². The summed E-state index contributed by atoms with van der Waals surface area (Å²) in [5.41, 5.74) is 0.132. The van der Waals surface area contributed by atoms with Gasteiger partial charge in [-0.25, -0.2) is 0 Å². The molecule has 0 bridgehead atoms. The lowest BCUT2D eigenvalue weighted by molar-refractivity contribution is -0.138. The van der Waals surface area contributed by atoms with Crippen molar-refractivity contribution < 1.29 is 18.0 Å². The largest absolute Gasteiger partial charge is 0.416 e. The molecule has 0 spiro atoms. The van der Waals surface area contributed by atoms with Gasteiger partial charge in [-0.15, -0.1) is 0 Å². The predicted molar refractivity (Wildman–Crippen MR) is 78.0 cm³/mol. The molecule has 0 fully saturated rings. The summed E-state index contributed by atoms with van der Waals surface area (Å²) in [6, 6.07) is 12.6. The molecule has 0 radical (unpaired) electrons. The minimum Gasteiger partial charge on any atom is -0.391 e. The Labute approximate surface area is 128 Å². The molecule has 0 aliphatic rings. The summed E-state index contributed by atoms with van der Waals surface area (Å²) in [4.78, 5) is 4.95. The number of hydrogen-bond donors (Lipinski definition) is 0. The Morgan fingerprint density at radius 3 is 2.57 bits per heavy atom. The van der Waals surface area contributed by atoms with Crippen LogP contribution in [0.4, 0.5) is 13.2 Å². The Hall–Kier alpha value is -1.82. The second-order valence-corrected chi connectivity index (χ2v) is 5.13. The standard InChI is InChI=1S/C15H11BrF3NO/c16-13-6-3-4-11(8-13)9-20-21-10-12-5-1-2-7-14(12)15(17,18)19/h1-9H,10H2. The van der Waals surface area contributed by atoms with Crippen LogP contribution in [0.5, 0.6) is 0 Å². The highest BCUT2D eigenvalue weighted by Gasteiger charge is 2.32. The molecule has 2 nitrogen and oxygen atoms in total. The molecule has 0 saturated heterocycles. The highest BCUT2D eigenvalue weighted by molar-refractivity contribution is 9.10. The Kier molecular flexibility index (Phi) is 5.01. The van der Waals surface area contributed by atoms with Crippen LogP contribution in [0.2, 0.25) is 0 Å². The predicted octanol–water partition coefficient (Wildman–Crippen LogP) is 5.02. The summed E-state index contributed by atoms with van der Waals surface area (Å²) in [5, 5.41) is 3.69. The molecule has 110 valence electrons. The highest BCUT2D eigenvalue weighted by atomic mass is 79.9. The van der Waals surface area contributed by atoms with Crippen molar-refractivity contribution in [1.82, 2.24) is 0 Å². The molecule has 0 unspecified atom stereocenters. The van der Waals surface area contributed by atoms with Gasteiger partial charge in [0.05, 0.1) is 11.8 Å². The molecule has 2 rings (SSSR count). The second kappa shape index (κ2) is 6.76. The first-order chi connectivity index (χ1) is 9.97. The fraction of sp³-hybridized carbons (Fsp3) is 0.133. The molecule has 2 aromatic rings. The van der Waals surface area contributed by atoms with E-state index < -0.39 is 11.7 Å². The van der Waals surface area contributed by atoms with Gasteiger partial charge in [0, 0.05) is 10.0 Å². The van der Waals surface area contributed by atoms with E-state index in [0.717, 1.165) is 16.1 Å². The molecule has 0 amide bonds. The van der Waals surface area contributed by atoms with Crippen LogP contribution in [0.15, 0.2) is 58.2 Å². The smallest absolute Gasteiger partial charge is 0.391 e. The maximum Gasteiger partial charge on any atom is 0.416 e. The van der Waals surface area contributed by atoms with Crippen LogP contribution in [0.3, 0.4) is 0 Å². The van der Waals surface area contributed by atoms with Crippen LogP contribution in [-0.2, 0) is 17.6 Å². The van der Waals surface area contributed by atoms with Gasteiger partial charge in [0.25, 0.3) is 0 Å². The number of hydrogen-bond acceptors (Lipinski definition) is 2. The SMILES string of the molecule is FC(F)(F)c1ccccc1CON=Cc1cccc(Br)c1.